The van der Waals surface area contributed by atoms with Crippen LogP contribution in [0.1, 0.15) is 45.4 Å². The summed E-state index contributed by atoms with van der Waals surface area (Å²) in [5, 5.41) is 12.6. The van der Waals surface area contributed by atoms with E-state index in [1.807, 2.05) is 4.90 Å². The molecule has 2 rings (SSSR count). The van der Waals surface area contributed by atoms with Crippen LogP contribution in [0.2, 0.25) is 0 Å². The second kappa shape index (κ2) is 6.37. The Hall–Kier alpha value is -1.10. The summed E-state index contributed by atoms with van der Waals surface area (Å²) in [5.74, 6) is -0.624. The number of rotatable bonds is 5. The number of likely N-dealkylation sites (tertiary alicyclic amines) is 1. The molecule has 0 aromatic carbocycles. The van der Waals surface area contributed by atoms with Crippen molar-refractivity contribution in [1.82, 2.24) is 10.2 Å². The molecule has 1 saturated carbocycles. The first kappa shape index (κ1) is 14.3. The van der Waals surface area contributed by atoms with Gasteiger partial charge in [-0.3, -0.25) is 9.59 Å². The van der Waals surface area contributed by atoms with Crippen LogP contribution in [0.15, 0.2) is 0 Å². The second-order valence-corrected chi connectivity index (χ2v) is 5.91. The summed E-state index contributed by atoms with van der Waals surface area (Å²) in [6, 6.07) is 0.516. The summed E-state index contributed by atoms with van der Waals surface area (Å²) in [6.07, 6.45) is 5.18. The van der Waals surface area contributed by atoms with Gasteiger partial charge < -0.3 is 15.3 Å². The predicted molar refractivity (Wildman–Crippen MR) is 71.8 cm³/mol. The Morgan fingerprint density at radius 3 is 2.89 bits per heavy atom. The van der Waals surface area contributed by atoms with Crippen LogP contribution in [0.25, 0.3) is 0 Å². The standard InChI is InChI=1S/C14H24N2O3/c1-10(9-16-7-3-6-13(16)17)15-12-5-2-4-11(8-12)14(18)19/h10-12,15H,2-9H2,1H3,(H,18,19). The molecule has 1 aliphatic heterocycles. The summed E-state index contributed by atoms with van der Waals surface area (Å²) in [6.45, 7) is 3.69. The molecule has 1 saturated heterocycles. The zero-order valence-corrected chi connectivity index (χ0v) is 11.6. The lowest BCUT2D eigenvalue weighted by Gasteiger charge is -2.31. The molecule has 2 fully saturated rings. The molecule has 3 atom stereocenters. The third-order valence-electron chi connectivity index (χ3n) is 4.21. The molecular weight excluding hydrogens is 244 g/mol. The van der Waals surface area contributed by atoms with Gasteiger partial charge in [0.2, 0.25) is 5.91 Å². The molecule has 0 spiro atoms. The van der Waals surface area contributed by atoms with Crippen LogP contribution in [-0.4, -0.2) is 47.1 Å². The van der Waals surface area contributed by atoms with Gasteiger partial charge in [-0.25, -0.2) is 0 Å². The zero-order chi connectivity index (χ0) is 13.8. The smallest absolute Gasteiger partial charge is 0.306 e. The van der Waals surface area contributed by atoms with Gasteiger partial charge in [0.15, 0.2) is 0 Å². The van der Waals surface area contributed by atoms with E-state index >= 15 is 0 Å². The van der Waals surface area contributed by atoms with Crippen molar-refractivity contribution in [2.45, 2.75) is 57.5 Å². The number of nitrogens with zero attached hydrogens (tertiary/aromatic N) is 1. The van der Waals surface area contributed by atoms with Crippen molar-refractivity contribution < 1.29 is 14.7 Å². The van der Waals surface area contributed by atoms with E-state index < -0.39 is 5.97 Å². The van der Waals surface area contributed by atoms with Gasteiger partial charge in [-0.05, 0) is 32.6 Å². The molecule has 5 heteroatoms. The lowest BCUT2D eigenvalue weighted by Crippen LogP contribution is -2.46. The fourth-order valence-electron chi connectivity index (χ4n) is 3.25. The zero-order valence-electron chi connectivity index (χ0n) is 11.6. The predicted octanol–water partition coefficient (Wildman–Crippen LogP) is 1.23. The van der Waals surface area contributed by atoms with Gasteiger partial charge in [-0.15, -0.1) is 0 Å². The monoisotopic (exact) mass is 268 g/mol. The summed E-state index contributed by atoms with van der Waals surface area (Å²) in [5.41, 5.74) is 0. The molecule has 1 heterocycles. The summed E-state index contributed by atoms with van der Waals surface area (Å²) in [4.78, 5) is 24.5. The van der Waals surface area contributed by atoms with Gasteiger partial charge in [0.05, 0.1) is 5.92 Å². The Labute approximate surface area is 114 Å². The van der Waals surface area contributed by atoms with E-state index in [2.05, 4.69) is 12.2 Å². The van der Waals surface area contributed by atoms with Crippen LogP contribution in [0.3, 0.4) is 0 Å². The number of carboxylic acid groups (broad SMARTS) is 1. The minimum absolute atomic E-state index is 0.202. The van der Waals surface area contributed by atoms with Crippen LogP contribution >= 0.6 is 0 Å². The maximum Gasteiger partial charge on any atom is 0.306 e. The van der Waals surface area contributed by atoms with Crippen LogP contribution in [0.4, 0.5) is 0 Å². The van der Waals surface area contributed by atoms with Crippen molar-refractivity contribution in [2.75, 3.05) is 13.1 Å². The first-order valence-electron chi connectivity index (χ1n) is 7.33. The van der Waals surface area contributed by atoms with E-state index in [-0.39, 0.29) is 23.9 Å². The first-order chi connectivity index (χ1) is 9.06. The fourth-order valence-corrected chi connectivity index (χ4v) is 3.25. The van der Waals surface area contributed by atoms with Crippen molar-refractivity contribution in [3.05, 3.63) is 0 Å². The SMILES string of the molecule is CC(CN1CCCC1=O)NC1CCCC(C(=O)O)C1. The van der Waals surface area contributed by atoms with Gasteiger partial charge in [-0.2, -0.15) is 0 Å². The molecular formula is C14H24N2O3. The number of hydrogen-bond donors (Lipinski definition) is 2. The maximum absolute atomic E-state index is 11.6. The Balaban J connectivity index is 1.76. The molecule has 5 nitrogen and oxygen atoms in total. The Kier molecular flexibility index (Phi) is 4.80. The number of aliphatic carboxylic acids is 1. The largest absolute Gasteiger partial charge is 0.481 e. The molecule has 19 heavy (non-hydrogen) atoms. The van der Waals surface area contributed by atoms with Crippen LogP contribution < -0.4 is 5.32 Å². The minimum Gasteiger partial charge on any atom is -0.481 e. The molecule has 1 aliphatic carbocycles. The molecule has 2 N–H and O–H groups in total. The number of carbonyl (C=O) groups excluding carboxylic acids is 1. The highest BCUT2D eigenvalue weighted by molar-refractivity contribution is 5.78. The highest BCUT2D eigenvalue weighted by atomic mass is 16.4. The van der Waals surface area contributed by atoms with Crippen LogP contribution in [0.5, 0.6) is 0 Å². The van der Waals surface area contributed by atoms with E-state index in [1.54, 1.807) is 0 Å². The van der Waals surface area contributed by atoms with Crippen LogP contribution in [-0.2, 0) is 9.59 Å². The summed E-state index contributed by atoms with van der Waals surface area (Å²) in [7, 11) is 0. The third kappa shape index (κ3) is 3.93. The van der Waals surface area contributed by atoms with Crippen LogP contribution in [0, 0.1) is 5.92 Å². The third-order valence-corrected chi connectivity index (χ3v) is 4.21. The van der Waals surface area contributed by atoms with E-state index in [0.717, 1.165) is 38.8 Å². The van der Waals surface area contributed by atoms with Crippen molar-refractivity contribution in [3.8, 4) is 0 Å². The van der Waals surface area contributed by atoms with E-state index in [1.165, 1.54) is 0 Å². The van der Waals surface area contributed by atoms with E-state index in [9.17, 15) is 9.59 Å². The molecule has 0 bridgehead atoms. The van der Waals surface area contributed by atoms with Crippen molar-refractivity contribution in [1.29, 1.82) is 0 Å². The molecule has 2 aliphatic rings. The second-order valence-electron chi connectivity index (χ2n) is 5.91. The number of hydrogen-bond acceptors (Lipinski definition) is 3. The Morgan fingerprint density at radius 1 is 1.47 bits per heavy atom. The normalized spacial score (nSPS) is 29.5. The Morgan fingerprint density at radius 2 is 2.26 bits per heavy atom. The molecule has 108 valence electrons. The number of amides is 1. The van der Waals surface area contributed by atoms with E-state index in [0.29, 0.717) is 12.8 Å². The van der Waals surface area contributed by atoms with Gasteiger partial charge in [0, 0.05) is 31.6 Å². The number of carbonyl (C=O) groups is 2. The summed E-state index contributed by atoms with van der Waals surface area (Å²) >= 11 is 0. The molecule has 0 radical (unpaired) electrons. The minimum atomic E-state index is -0.672. The highest BCUT2D eigenvalue weighted by Gasteiger charge is 2.28. The van der Waals surface area contributed by atoms with Gasteiger partial charge in [0.25, 0.3) is 0 Å². The fraction of sp³-hybridized carbons (Fsp3) is 0.857. The molecule has 3 unspecified atom stereocenters. The van der Waals surface area contributed by atoms with Crippen molar-refractivity contribution in [2.24, 2.45) is 5.92 Å². The quantitative estimate of drug-likeness (QED) is 0.787. The molecule has 0 aromatic heterocycles. The van der Waals surface area contributed by atoms with Gasteiger partial charge in [-0.1, -0.05) is 6.42 Å². The molecule has 0 aromatic rings. The number of carboxylic acids is 1. The highest BCUT2D eigenvalue weighted by Crippen LogP contribution is 2.24. The van der Waals surface area contributed by atoms with Crippen molar-refractivity contribution in [3.63, 3.8) is 0 Å². The molecule has 1 amide bonds. The van der Waals surface area contributed by atoms with E-state index in [4.69, 9.17) is 5.11 Å². The lowest BCUT2D eigenvalue weighted by molar-refractivity contribution is -0.143. The average molecular weight is 268 g/mol. The first-order valence-corrected chi connectivity index (χ1v) is 7.33. The van der Waals surface area contributed by atoms with Gasteiger partial charge in [0.1, 0.15) is 0 Å². The van der Waals surface area contributed by atoms with Crippen molar-refractivity contribution >= 4 is 11.9 Å². The topological polar surface area (TPSA) is 69.6 Å². The summed E-state index contributed by atoms with van der Waals surface area (Å²) < 4.78 is 0. The lowest BCUT2D eigenvalue weighted by atomic mass is 9.85. The Bertz CT molecular complexity index is 346. The van der Waals surface area contributed by atoms with Gasteiger partial charge >= 0.3 is 5.97 Å². The average Bonchev–Trinajstić information content (AvgIpc) is 2.75. The number of nitrogens with one attached hydrogen (secondary N) is 1. The maximum atomic E-state index is 11.6.